The third-order valence-electron chi connectivity index (χ3n) is 5.16. The Labute approximate surface area is 149 Å². The first-order chi connectivity index (χ1) is 12.2. The third-order valence-corrected chi connectivity index (χ3v) is 5.16. The van der Waals surface area contributed by atoms with E-state index in [-0.39, 0.29) is 23.8 Å². The Morgan fingerprint density at radius 2 is 1.84 bits per heavy atom. The summed E-state index contributed by atoms with van der Waals surface area (Å²) in [4.78, 5) is 26.7. The van der Waals surface area contributed by atoms with E-state index in [9.17, 15) is 9.59 Å². The second-order valence-corrected chi connectivity index (χ2v) is 7.03. The fourth-order valence-corrected chi connectivity index (χ4v) is 3.76. The lowest BCUT2D eigenvalue weighted by Gasteiger charge is -2.20. The number of nitrogens with one attached hydrogen (secondary N) is 1. The quantitative estimate of drug-likeness (QED) is 0.834. The van der Waals surface area contributed by atoms with E-state index < -0.39 is 0 Å². The normalized spacial score (nSPS) is 21.9. The van der Waals surface area contributed by atoms with Crippen LogP contribution in [0.5, 0.6) is 5.75 Å². The van der Waals surface area contributed by atoms with E-state index in [2.05, 4.69) is 5.32 Å². The number of carbonyl (C=O) groups excluding carboxylic acids is 2. The maximum Gasteiger partial charge on any atom is 0.227 e. The van der Waals surface area contributed by atoms with Crippen molar-refractivity contribution in [2.24, 2.45) is 5.92 Å². The van der Waals surface area contributed by atoms with Crippen LogP contribution in [0.1, 0.15) is 51.9 Å². The van der Waals surface area contributed by atoms with Gasteiger partial charge in [-0.2, -0.15) is 0 Å². The van der Waals surface area contributed by atoms with Gasteiger partial charge in [0.15, 0.2) is 0 Å². The largest absolute Gasteiger partial charge is 0.494 e. The number of ether oxygens (including phenoxy) is 1. The molecule has 1 saturated carbocycles. The molecule has 2 aliphatic rings. The zero-order chi connectivity index (χ0) is 17.6. The lowest BCUT2D eigenvalue weighted by Crippen LogP contribution is -2.39. The smallest absolute Gasteiger partial charge is 0.227 e. The van der Waals surface area contributed by atoms with Crippen LogP contribution in [0.3, 0.4) is 0 Å². The number of nitrogens with zero attached hydrogens (tertiary/aromatic N) is 1. The van der Waals surface area contributed by atoms with Crippen molar-refractivity contribution in [3.05, 3.63) is 24.3 Å². The van der Waals surface area contributed by atoms with Crippen LogP contribution in [0.4, 0.5) is 5.69 Å². The highest BCUT2D eigenvalue weighted by Gasteiger charge is 2.35. The average molecular weight is 344 g/mol. The minimum absolute atomic E-state index is 0.0187. The van der Waals surface area contributed by atoms with Gasteiger partial charge in [0, 0.05) is 24.7 Å². The Morgan fingerprint density at radius 3 is 2.48 bits per heavy atom. The van der Waals surface area contributed by atoms with E-state index in [1.807, 2.05) is 31.2 Å². The molecule has 1 aliphatic heterocycles. The first-order valence-corrected chi connectivity index (χ1v) is 9.51. The zero-order valence-corrected chi connectivity index (χ0v) is 15.0. The molecule has 1 aliphatic carbocycles. The van der Waals surface area contributed by atoms with Gasteiger partial charge in [-0.3, -0.25) is 9.59 Å². The number of amides is 2. The van der Waals surface area contributed by atoms with Crippen molar-refractivity contribution in [3.8, 4) is 5.75 Å². The summed E-state index contributed by atoms with van der Waals surface area (Å²) in [7, 11) is 0. The van der Waals surface area contributed by atoms with Crippen molar-refractivity contribution < 1.29 is 14.3 Å². The topological polar surface area (TPSA) is 58.6 Å². The molecule has 25 heavy (non-hydrogen) atoms. The number of hydrogen-bond acceptors (Lipinski definition) is 3. The molecule has 2 amide bonds. The first-order valence-electron chi connectivity index (χ1n) is 9.51. The molecule has 0 spiro atoms. The highest BCUT2D eigenvalue weighted by molar-refractivity contribution is 6.00. The zero-order valence-electron chi connectivity index (χ0n) is 15.0. The molecule has 1 heterocycles. The molecule has 136 valence electrons. The van der Waals surface area contributed by atoms with Gasteiger partial charge in [0.2, 0.25) is 11.8 Å². The molecule has 3 rings (SSSR count). The van der Waals surface area contributed by atoms with Crippen LogP contribution in [0, 0.1) is 5.92 Å². The van der Waals surface area contributed by atoms with Crippen LogP contribution in [0.15, 0.2) is 24.3 Å². The van der Waals surface area contributed by atoms with Gasteiger partial charge in [0.05, 0.1) is 12.5 Å². The molecule has 1 aromatic rings. The molecule has 0 bridgehead atoms. The van der Waals surface area contributed by atoms with Crippen LogP contribution < -0.4 is 15.0 Å². The van der Waals surface area contributed by atoms with Gasteiger partial charge < -0.3 is 15.0 Å². The van der Waals surface area contributed by atoms with Gasteiger partial charge in [-0.05, 0) is 44.0 Å². The molecule has 2 fully saturated rings. The first kappa shape index (κ1) is 17.8. The fraction of sp³-hybridized carbons (Fsp3) is 0.600. The average Bonchev–Trinajstić information content (AvgIpc) is 2.82. The minimum atomic E-state index is -0.248. The Kier molecular flexibility index (Phi) is 5.95. The van der Waals surface area contributed by atoms with Crippen LogP contribution in [-0.2, 0) is 9.59 Å². The van der Waals surface area contributed by atoms with Crippen LogP contribution in [-0.4, -0.2) is 31.0 Å². The van der Waals surface area contributed by atoms with E-state index in [4.69, 9.17) is 4.74 Å². The van der Waals surface area contributed by atoms with Gasteiger partial charge in [-0.15, -0.1) is 0 Å². The molecule has 1 aromatic carbocycles. The monoisotopic (exact) mass is 344 g/mol. The SMILES string of the molecule is CCOc1ccc(N2C[C@H](C(=O)NC3CCCCCC3)CC2=O)cc1. The van der Waals surface area contributed by atoms with Gasteiger partial charge in [0.1, 0.15) is 5.75 Å². The minimum Gasteiger partial charge on any atom is -0.494 e. The lowest BCUT2D eigenvalue weighted by molar-refractivity contribution is -0.127. The van der Waals surface area contributed by atoms with Crippen molar-refractivity contribution in [3.63, 3.8) is 0 Å². The summed E-state index contributed by atoms with van der Waals surface area (Å²) in [6, 6.07) is 7.78. The molecule has 1 N–H and O–H groups in total. The van der Waals surface area contributed by atoms with E-state index in [0.29, 0.717) is 19.6 Å². The number of hydrogen-bond donors (Lipinski definition) is 1. The van der Waals surface area contributed by atoms with Gasteiger partial charge in [-0.1, -0.05) is 25.7 Å². The highest BCUT2D eigenvalue weighted by Crippen LogP contribution is 2.27. The van der Waals surface area contributed by atoms with Crippen molar-refractivity contribution in [2.75, 3.05) is 18.1 Å². The van der Waals surface area contributed by atoms with Crippen molar-refractivity contribution in [1.29, 1.82) is 0 Å². The number of benzene rings is 1. The molecular formula is C20H28N2O3. The molecule has 0 unspecified atom stereocenters. The summed E-state index contributed by atoms with van der Waals surface area (Å²) in [5.74, 6) is 0.599. The predicted molar refractivity (Wildman–Crippen MR) is 97.7 cm³/mol. The van der Waals surface area contributed by atoms with Gasteiger partial charge in [0.25, 0.3) is 0 Å². The Morgan fingerprint density at radius 1 is 1.16 bits per heavy atom. The molecule has 0 aromatic heterocycles. The number of anilines is 1. The van der Waals surface area contributed by atoms with Crippen LogP contribution >= 0.6 is 0 Å². The van der Waals surface area contributed by atoms with E-state index in [0.717, 1.165) is 24.3 Å². The molecular weight excluding hydrogens is 316 g/mol. The number of rotatable bonds is 5. The van der Waals surface area contributed by atoms with Crippen molar-refractivity contribution in [2.45, 2.75) is 57.9 Å². The molecule has 5 heteroatoms. The Hall–Kier alpha value is -2.04. The summed E-state index contributed by atoms with van der Waals surface area (Å²) in [6.45, 7) is 3.02. The summed E-state index contributed by atoms with van der Waals surface area (Å²) in [6.07, 6.45) is 7.33. The summed E-state index contributed by atoms with van der Waals surface area (Å²) >= 11 is 0. The fourth-order valence-electron chi connectivity index (χ4n) is 3.76. The second kappa shape index (κ2) is 8.37. The maximum atomic E-state index is 12.6. The van der Waals surface area contributed by atoms with Crippen molar-refractivity contribution in [1.82, 2.24) is 5.32 Å². The number of carbonyl (C=O) groups is 2. The van der Waals surface area contributed by atoms with E-state index >= 15 is 0 Å². The van der Waals surface area contributed by atoms with E-state index in [1.54, 1.807) is 4.90 Å². The van der Waals surface area contributed by atoms with Crippen LogP contribution in [0.2, 0.25) is 0 Å². The second-order valence-electron chi connectivity index (χ2n) is 7.03. The third kappa shape index (κ3) is 4.53. The highest BCUT2D eigenvalue weighted by atomic mass is 16.5. The summed E-state index contributed by atoms with van der Waals surface area (Å²) < 4.78 is 5.44. The molecule has 1 atom stereocenters. The maximum absolute atomic E-state index is 12.6. The Balaban J connectivity index is 1.58. The van der Waals surface area contributed by atoms with Gasteiger partial charge in [-0.25, -0.2) is 0 Å². The Bertz CT molecular complexity index is 591. The summed E-state index contributed by atoms with van der Waals surface area (Å²) in [5.41, 5.74) is 0.832. The van der Waals surface area contributed by atoms with Crippen molar-refractivity contribution >= 4 is 17.5 Å². The molecule has 5 nitrogen and oxygen atoms in total. The molecule has 0 radical (unpaired) electrons. The van der Waals surface area contributed by atoms with Gasteiger partial charge >= 0.3 is 0 Å². The predicted octanol–water partition coefficient (Wildman–Crippen LogP) is 3.28. The van der Waals surface area contributed by atoms with E-state index in [1.165, 1.54) is 25.7 Å². The lowest BCUT2D eigenvalue weighted by atomic mass is 10.0. The standard InChI is InChI=1S/C20H28N2O3/c1-2-25-18-11-9-17(10-12-18)22-14-15(13-19(22)23)20(24)21-16-7-5-3-4-6-8-16/h9-12,15-16H,2-8,13-14H2,1H3,(H,21,24)/t15-/m1/s1. The van der Waals surface area contributed by atoms with Crippen LogP contribution in [0.25, 0.3) is 0 Å². The molecule has 1 saturated heterocycles. The summed E-state index contributed by atoms with van der Waals surface area (Å²) in [5, 5.41) is 3.18.